The summed E-state index contributed by atoms with van der Waals surface area (Å²) >= 11 is 3.16. The van der Waals surface area contributed by atoms with E-state index in [-0.39, 0.29) is 5.91 Å². The van der Waals surface area contributed by atoms with Crippen LogP contribution >= 0.6 is 22.7 Å². The van der Waals surface area contributed by atoms with Crippen LogP contribution in [0.5, 0.6) is 0 Å². The monoisotopic (exact) mass is 264 g/mol. The fourth-order valence-electron chi connectivity index (χ4n) is 1.32. The lowest BCUT2D eigenvalue weighted by Crippen LogP contribution is -2.17. The van der Waals surface area contributed by atoms with Gasteiger partial charge < -0.3 is 0 Å². The van der Waals surface area contributed by atoms with Gasteiger partial charge in [0, 0.05) is 15.1 Å². The first-order chi connectivity index (χ1) is 8.18. The molecule has 2 aromatic rings. The molecule has 0 saturated heterocycles. The highest BCUT2D eigenvalue weighted by molar-refractivity contribution is 7.11. The van der Waals surface area contributed by atoms with E-state index in [1.165, 1.54) is 0 Å². The number of hydrogen-bond donors (Lipinski definition) is 1. The molecule has 0 aliphatic carbocycles. The molecule has 0 saturated carbocycles. The molecule has 0 radical (unpaired) electrons. The van der Waals surface area contributed by atoms with E-state index in [0.717, 1.165) is 15.3 Å². The van der Waals surface area contributed by atoms with Crippen molar-refractivity contribution < 1.29 is 4.79 Å². The molecule has 0 aliphatic heterocycles. The van der Waals surface area contributed by atoms with Crippen molar-refractivity contribution in [2.24, 2.45) is 5.10 Å². The van der Waals surface area contributed by atoms with Crippen LogP contribution in [0.3, 0.4) is 0 Å². The smallest absolute Gasteiger partial charge is 0.267 e. The first-order valence-corrected chi connectivity index (χ1v) is 6.86. The average molecular weight is 264 g/mol. The number of carbonyl (C=O) groups excluding carboxylic acids is 1. The maximum Gasteiger partial charge on any atom is 0.272 e. The maximum absolute atomic E-state index is 11.8. The van der Waals surface area contributed by atoms with Gasteiger partial charge in [-0.1, -0.05) is 6.07 Å². The van der Waals surface area contributed by atoms with Crippen molar-refractivity contribution in [2.75, 3.05) is 0 Å². The maximum atomic E-state index is 11.8. The molecule has 0 fully saturated rings. The predicted molar refractivity (Wildman–Crippen MR) is 73.2 cm³/mol. The topological polar surface area (TPSA) is 41.5 Å². The Bertz CT molecular complexity index is 541. The molecule has 0 spiro atoms. The Balaban J connectivity index is 2.01. The van der Waals surface area contributed by atoms with E-state index in [9.17, 15) is 4.79 Å². The molecule has 88 valence electrons. The summed E-state index contributed by atoms with van der Waals surface area (Å²) < 4.78 is 0. The summed E-state index contributed by atoms with van der Waals surface area (Å²) in [5.41, 5.74) is 4.27. The molecule has 1 amide bonds. The number of nitrogens with one attached hydrogen (secondary N) is 1. The minimum Gasteiger partial charge on any atom is -0.267 e. The molecule has 0 bridgehead atoms. The minimum atomic E-state index is -0.153. The van der Waals surface area contributed by atoms with Crippen LogP contribution in [0.25, 0.3) is 0 Å². The lowest BCUT2D eigenvalue weighted by molar-refractivity contribution is 0.0955. The van der Waals surface area contributed by atoms with Crippen molar-refractivity contribution in [3.63, 3.8) is 0 Å². The number of aryl methyl sites for hydroxylation is 1. The second-order valence-electron chi connectivity index (χ2n) is 3.55. The normalized spacial score (nSPS) is 10.9. The Hall–Kier alpha value is -1.46. The molecule has 17 heavy (non-hydrogen) atoms. The Morgan fingerprint density at radius 3 is 2.82 bits per heavy atom. The predicted octanol–water partition coefficient (Wildman–Crippen LogP) is 3.19. The lowest BCUT2D eigenvalue weighted by atomic mass is 10.2. The molecule has 0 unspecified atom stereocenters. The molecule has 2 rings (SSSR count). The van der Waals surface area contributed by atoms with Gasteiger partial charge in [0.1, 0.15) is 0 Å². The zero-order valence-corrected chi connectivity index (χ0v) is 11.2. The van der Waals surface area contributed by atoms with E-state index in [0.29, 0.717) is 5.56 Å². The van der Waals surface area contributed by atoms with Gasteiger partial charge in [-0.25, -0.2) is 5.43 Å². The third-order valence-corrected chi connectivity index (χ3v) is 4.25. The number of hydrazone groups is 1. The molecule has 0 aliphatic rings. The highest BCUT2D eigenvalue weighted by Gasteiger charge is 2.11. The quantitative estimate of drug-likeness (QED) is 0.671. The molecule has 1 N–H and O–H groups in total. The summed E-state index contributed by atoms with van der Waals surface area (Å²) in [6.07, 6.45) is 1.65. The van der Waals surface area contributed by atoms with Crippen molar-refractivity contribution >= 4 is 34.8 Å². The summed E-state index contributed by atoms with van der Waals surface area (Å²) in [6, 6.07) is 3.89. The van der Waals surface area contributed by atoms with Gasteiger partial charge in [-0.3, -0.25) is 4.79 Å². The van der Waals surface area contributed by atoms with Crippen LogP contribution in [0.2, 0.25) is 0 Å². The molecule has 0 atom stereocenters. The van der Waals surface area contributed by atoms with E-state index in [1.807, 2.05) is 36.7 Å². The van der Waals surface area contributed by atoms with Gasteiger partial charge >= 0.3 is 0 Å². The molecule has 2 aromatic heterocycles. The lowest BCUT2D eigenvalue weighted by Gasteiger charge is -1.98. The second kappa shape index (κ2) is 5.25. The standard InChI is InChI=1S/C12H12N2OS2/c1-8-9(2)17-7-11(8)12(15)14-13-6-10-4-3-5-16-10/h3-7H,1-2H3,(H,14,15)/b13-6+. The van der Waals surface area contributed by atoms with Crippen LogP contribution in [0.4, 0.5) is 0 Å². The van der Waals surface area contributed by atoms with Gasteiger partial charge in [-0.05, 0) is 30.9 Å². The largest absolute Gasteiger partial charge is 0.272 e. The van der Waals surface area contributed by atoms with Crippen molar-refractivity contribution in [1.29, 1.82) is 0 Å². The SMILES string of the molecule is Cc1scc(C(=O)N/N=C/c2cccs2)c1C. The van der Waals surface area contributed by atoms with Gasteiger partial charge in [0.25, 0.3) is 5.91 Å². The van der Waals surface area contributed by atoms with E-state index < -0.39 is 0 Å². The Morgan fingerprint density at radius 2 is 2.24 bits per heavy atom. The first-order valence-electron chi connectivity index (χ1n) is 5.10. The summed E-state index contributed by atoms with van der Waals surface area (Å²) in [6.45, 7) is 3.95. The molecule has 2 heterocycles. The third kappa shape index (κ3) is 2.81. The highest BCUT2D eigenvalue weighted by atomic mass is 32.1. The van der Waals surface area contributed by atoms with Gasteiger partial charge in [0.15, 0.2) is 0 Å². The number of thiophene rings is 2. The zero-order valence-electron chi connectivity index (χ0n) is 9.56. The molecular formula is C12H12N2OS2. The van der Waals surface area contributed by atoms with Crippen LogP contribution in [0.15, 0.2) is 28.0 Å². The van der Waals surface area contributed by atoms with Crippen LogP contribution in [-0.4, -0.2) is 12.1 Å². The summed E-state index contributed by atoms with van der Waals surface area (Å²) in [5, 5.41) is 7.76. The number of nitrogens with zero attached hydrogens (tertiary/aromatic N) is 1. The Morgan fingerprint density at radius 1 is 1.41 bits per heavy atom. The van der Waals surface area contributed by atoms with Crippen molar-refractivity contribution in [2.45, 2.75) is 13.8 Å². The van der Waals surface area contributed by atoms with Gasteiger partial charge in [0.2, 0.25) is 0 Å². The number of hydrogen-bond acceptors (Lipinski definition) is 4. The van der Waals surface area contributed by atoms with Gasteiger partial charge in [-0.15, -0.1) is 22.7 Å². The van der Waals surface area contributed by atoms with Crippen LogP contribution in [-0.2, 0) is 0 Å². The third-order valence-electron chi connectivity index (χ3n) is 2.43. The van der Waals surface area contributed by atoms with Crippen LogP contribution in [0.1, 0.15) is 25.7 Å². The molecule has 0 aromatic carbocycles. The highest BCUT2D eigenvalue weighted by Crippen LogP contribution is 2.20. The van der Waals surface area contributed by atoms with Gasteiger partial charge in [0.05, 0.1) is 11.8 Å². The van der Waals surface area contributed by atoms with Gasteiger partial charge in [-0.2, -0.15) is 5.10 Å². The zero-order chi connectivity index (χ0) is 12.3. The fraction of sp³-hybridized carbons (Fsp3) is 0.167. The van der Waals surface area contributed by atoms with Crippen molar-refractivity contribution in [3.05, 3.63) is 43.8 Å². The number of rotatable bonds is 3. The second-order valence-corrected chi connectivity index (χ2v) is 5.61. The van der Waals surface area contributed by atoms with E-state index in [4.69, 9.17) is 0 Å². The molecular weight excluding hydrogens is 252 g/mol. The van der Waals surface area contributed by atoms with Crippen molar-refractivity contribution in [1.82, 2.24) is 5.43 Å². The van der Waals surface area contributed by atoms with E-state index >= 15 is 0 Å². The fourth-order valence-corrected chi connectivity index (χ4v) is 2.77. The Kier molecular flexibility index (Phi) is 3.71. The molecule has 5 heteroatoms. The van der Waals surface area contributed by atoms with Crippen LogP contribution in [0, 0.1) is 13.8 Å². The summed E-state index contributed by atoms with van der Waals surface area (Å²) in [4.78, 5) is 14.0. The average Bonchev–Trinajstić information content (AvgIpc) is 2.91. The summed E-state index contributed by atoms with van der Waals surface area (Å²) in [5.74, 6) is -0.153. The number of carbonyl (C=O) groups is 1. The van der Waals surface area contributed by atoms with Crippen LogP contribution < -0.4 is 5.43 Å². The first kappa shape index (κ1) is 12.0. The number of amides is 1. The van der Waals surface area contributed by atoms with E-state index in [2.05, 4.69) is 10.5 Å². The Labute approximate surface area is 108 Å². The van der Waals surface area contributed by atoms with Crippen molar-refractivity contribution in [3.8, 4) is 0 Å². The summed E-state index contributed by atoms with van der Waals surface area (Å²) in [7, 11) is 0. The van der Waals surface area contributed by atoms with E-state index in [1.54, 1.807) is 28.9 Å². The minimum absolute atomic E-state index is 0.153. The molecule has 3 nitrogen and oxygen atoms in total.